The van der Waals surface area contributed by atoms with Gasteiger partial charge < -0.3 is 8.83 Å². The van der Waals surface area contributed by atoms with Gasteiger partial charge in [-0.05, 0) is 64.7 Å². The zero-order chi connectivity index (χ0) is 28.2. The van der Waals surface area contributed by atoms with Crippen molar-refractivity contribution in [2.75, 3.05) is 0 Å². The fourth-order valence-electron chi connectivity index (χ4n) is 6.08. The normalized spacial score (nSPS) is 11.3. The van der Waals surface area contributed by atoms with Crippen LogP contribution in [0.4, 0.5) is 0 Å². The number of rotatable bonds is 3. The van der Waals surface area contributed by atoms with Crippen LogP contribution in [0.25, 0.3) is 77.3 Å². The van der Waals surface area contributed by atoms with Crippen molar-refractivity contribution in [2.24, 2.45) is 0 Å². The Morgan fingerprint density at radius 3 is 2.10 bits per heavy atom. The Labute approximate surface area is 240 Å². The van der Waals surface area contributed by atoms with Crippen LogP contribution in [0.5, 0.6) is 0 Å². The summed E-state index contributed by atoms with van der Waals surface area (Å²) in [6.45, 7) is 0. The molecule has 0 fully saturated rings. The van der Waals surface area contributed by atoms with Crippen LogP contribution in [0.2, 0.25) is 0 Å². The summed E-state index contributed by atoms with van der Waals surface area (Å²) in [5.74, 6) is 0. The van der Waals surface area contributed by atoms with Gasteiger partial charge in [0.1, 0.15) is 22.3 Å². The van der Waals surface area contributed by atoms with Gasteiger partial charge in [0.05, 0.1) is 23.3 Å². The maximum Gasteiger partial charge on any atom is 0.143 e. The molecule has 8 rings (SSSR count). The van der Waals surface area contributed by atoms with E-state index in [0.717, 1.165) is 77.3 Å². The number of furan rings is 2. The Bertz CT molecular complexity index is 2450. The largest absolute Gasteiger partial charge is 0.456 e. The van der Waals surface area contributed by atoms with Gasteiger partial charge >= 0.3 is 0 Å². The molecule has 0 saturated carbocycles. The average Bonchev–Trinajstić information content (AvgIpc) is 3.62. The third-order valence-electron chi connectivity index (χ3n) is 7.99. The van der Waals surface area contributed by atoms with Crippen LogP contribution in [0.3, 0.4) is 0 Å². The predicted octanol–water partition coefficient (Wildman–Crippen LogP) is 10.2. The molecule has 0 N–H and O–H groups in total. The first-order chi connectivity index (χ1) is 20.7. The second-order valence-corrected chi connectivity index (χ2v) is 10.3. The second-order valence-electron chi connectivity index (χ2n) is 10.3. The van der Waals surface area contributed by atoms with Crippen LogP contribution in [0, 0.1) is 22.7 Å². The highest BCUT2D eigenvalue weighted by Crippen LogP contribution is 2.44. The van der Waals surface area contributed by atoms with Gasteiger partial charge in [-0.2, -0.15) is 10.5 Å². The van der Waals surface area contributed by atoms with Crippen molar-refractivity contribution in [1.29, 1.82) is 10.5 Å². The molecule has 0 amide bonds. The van der Waals surface area contributed by atoms with Gasteiger partial charge in [0.25, 0.3) is 0 Å². The Kier molecular flexibility index (Phi) is 5.22. The van der Waals surface area contributed by atoms with Crippen molar-refractivity contribution in [3.63, 3.8) is 0 Å². The Hall–Kier alpha value is -6.10. The lowest BCUT2D eigenvalue weighted by atomic mass is 9.88. The summed E-state index contributed by atoms with van der Waals surface area (Å²) < 4.78 is 12.6. The number of nitriles is 2. The monoisotopic (exact) mass is 536 g/mol. The van der Waals surface area contributed by atoms with E-state index >= 15 is 0 Å². The van der Waals surface area contributed by atoms with Crippen molar-refractivity contribution in [1.82, 2.24) is 0 Å². The molecule has 6 aromatic carbocycles. The van der Waals surface area contributed by atoms with Crippen molar-refractivity contribution in [2.45, 2.75) is 0 Å². The smallest absolute Gasteiger partial charge is 0.143 e. The van der Waals surface area contributed by atoms with Gasteiger partial charge in [0, 0.05) is 32.7 Å². The first-order valence-corrected chi connectivity index (χ1v) is 13.6. The summed E-state index contributed by atoms with van der Waals surface area (Å²) in [4.78, 5) is 0. The molecule has 0 unspecified atom stereocenters. The quantitative estimate of drug-likeness (QED) is 0.225. The van der Waals surface area contributed by atoms with E-state index in [1.54, 1.807) is 6.07 Å². The fourth-order valence-corrected chi connectivity index (χ4v) is 6.08. The first-order valence-electron chi connectivity index (χ1n) is 13.6. The molecule has 194 valence electrons. The fraction of sp³-hybridized carbons (Fsp3) is 0. The van der Waals surface area contributed by atoms with Crippen LogP contribution in [0.1, 0.15) is 11.1 Å². The third-order valence-corrected chi connectivity index (χ3v) is 7.99. The van der Waals surface area contributed by atoms with Crippen LogP contribution < -0.4 is 0 Å². The molecule has 0 spiro atoms. The lowest BCUT2D eigenvalue weighted by Gasteiger charge is -2.15. The second kappa shape index (κ2) is 9.24. The molecule has 0 bridgehead atoms. The van der Waals surface area contributed by atoms with Gasteiger partial charge in [-0.25, -0.2) is 0 Å². The molecule has 8 aromatic rings. The summed E-state index contributed by atoms with van der Waals surface area (Å²) in [7, 11) is 0. The van der Waals surface area contributed by atoms with E-state index in [0.29, 0.717) is 11.1 Å². The molecular formula is C38H20N2O2. The zero-order valence-corrected chi connectivity index (χ0v) is 22.3. The number of para-hydroxylation sites is 2. The van der Waals surface area contributed by atoms with Gasteiger partial charge in [-0.15, -0.1) is 0 Å². The predicted molar refractivity (Wildman–Crippen MR) is 167 cm³/mol. The van der Waals surface area contributed by atoms with E-state index in [9.17, 15) is 10.5 Å². The summed E-state index contributed by atoms with van der Waals surface area (Å²) in [6.07, 6.45) is 0. The maximum absolute atomic E-state index is 10.1. The van der Waals surface area contributed by atoms with Gasteiger partial charge in [-0.1, -0.05) is 78.9 Å². The maximum atomic E-state index is 10.1. The van der Waals surface area contributed by atoms with Crippen LogP contribution in [-0.4, -0.2) is 0 Å². The van der Waals surface area contributed by atoms with E-state index in [2.05, 4.69) is 60.7 Å². The molecule has 4 heteroatoms. The summed E-state index contributed by atoms with van der Waals surface area (Å²) >= 11 is 0. The third kappa shape index (κ3) is 3.53. The Balaban J connectivity index is 1.43. The highest BCUT2D eigenvalue weighted by atomic mass is 16.3. The number of fused-ring (bicyclic) bond motifs is 6. The topological polar surface area (TPSA) is 73.9 Å². The van der Waals surface area contributed by atoms with Crippen LogP contribution >= 0.6 is 0 Å². The van der Waals surface area contributed by atoms with Crippen LogP contribution in [-0.2, 0) is 0 Å². The molecule has 0 aliphatic carbocycles. The number of hydrogen-bond acceptors (Lipinski definition) is 4. The van der Waals surface area contributed by atoms with Gasteiger partial charge in [0.2, 0.25) is 0 Å². The minimum absolute atomic E-state index is 0.581. The number of hydrogen-bond donors (Lipinski definition) is 0. The van der Waals surface area contributed by atoms with Crippen molar-refractivity contribution >= 4 is 43.9 Å². The average molecular weight is 537 g/mol. The van der Waals surface area contributed by atoms with Crippen LogP contribution in [0.15, 0.2) is 130 Å². The molecule has 0 aliphatic rings. The highest BCUT2D eigenvalue weighted by molar-refractivity contribution is 6.14. The van der Waals surface area contributed by atoms with E-state index in [-0.39, 0.29) is 0 Å². The standard InChI is InChI=1S/C38H20N2O2/c39-21-23-15-18-35-33(19-23)37-27(10-6-14-36(37)41-35)24-16-17-28(32(20-24)26-8-2-1-7-25(26)22-40)30-11-5-12-31-29-9-3-4-13-34(29)42-38(30)31/h1-20H. The van der Waals surface area contributed by atoms with E-state index in [4.69, 9.17) is 8.83 Å². The van der Waals surface area contributed by atoms with Crippen molar-refractivity contribution in [3.8, 4) is 45.5 Å². The Morgan fingerprint density at radius 2 is 1.19 bits per heavy atom. The number of nitrogens with zero attached hydrogens (tertiary/aromatic N) is 2. The van der Waals surface area contributed by atoms with E-state index in [1.165, 1.54) is 0 Å². The van der Waals surface area contributed by atoms with E-state index in [1.807, 2.05) is 66.7 Å². The molecule has 4 nitrogen and oxygen atoms in total. The molecular weight excluding hydrogens is 516 g/mol. The number of benzene rings is 6. The molecule has 0 radical (unpaired) electrons. The summed E-state index contributed by atoms with van der Waals surface area (Å²) in [5.41, 5.74) is 10.0. The highest BCUT2D eigenvalue weighted by Gasteiger charge is 2.19. The summed E-state index contributed by atoms with van der Waals surface area (Å²) in [5, 5.41) is 23.6. The minimum atomic E-state index is 0.581. The first kappa shape index (κ1) is 23.8. The molecule has 0 atom stereocenters. The molecule has 2 heterocycles. The molecule has 0 aliphatic heterocycles. The molecule has 0 saturated heterocycles. The minimum Gasteiger partial charge on any atom is -0.456 e. The van der Waals surface area contributed by atoms with Gasteiger partial charge in [0.15, 0.2) is 0 Å². The zero-order valence-electron chi connectivity index (χ0n) is 22.3. The van der Waals surface area contributed by atoms with Gasteiger partial charge in [-0.3, -0.25) is 0 Å². The Morgan fingerprint density at radius 1 is 0.452 bits per heavy atom. The molecule has 42 heavy (non-hydrogen) atoms. The summed E-state index contributed by atoms with van der Waals surface area (Å²) in [6, 6.07) is 44.5. The van der Waals surface area contributed by atoms with Crippen molar-refractivity contribution < 1.29 is 8.83 Å². The lowest BCUT2D eigenvalue weighted by molar-refractivity contribution is 0.669. The lowest BCUT2D eigenvalue weighted by Crippen LogP contribution is -1.91. The van der Waals surface area contributed by atoms with E-state index < -0.39 is 0 Å². The van der Waals surface area contributed by atoms with Crippen molar-refractivity contribution in [3.05, 3.63) is 132 Å². The molecule has 2 aromatic heterocycles. The SMILES string of the molecule is N#Cc1ccc2oc3cccc(-c4ccc(-c5cccc6c5oc5ccccc56)c(-c5ccccc5C#N)c4)c3c2c1.